The summed E-state index contributed by atoms with van der Waals surface area (Å²) in [7, 11) is 0. The van der Waals surface area contributed by atoms with Crippen molar-refractivity contribution in [1.29, 1.82) is 0 Å². The van der Waals surface area contributed by atoms with Gasteiger partial charge in [-0.2, -0.15) is 0 Å². The van der Waals surface area contributed by atoms with Crippen molar-refractivity contribution in [3.63, 3.8) is 0 Å². The number of hydrogen-bond donors (Lipinski definition) is 1. The quantitative estimate of drug-likeness (QED) is 0.535. The first kappa shape index (κ1) is 7.92. The fourth-order valence-corrected chi connectivity index (χ4v) is 1.68. The number of likely N-dealkylation sites (tertiary alicyclic amines) is 1. The Hall–Kier alpha value is -0.180. The van der Waals surface area contributed by atoms with E-state index >= 15 is 0 Å². The van der Waals surface area contributed by atoms with Crippen LogP contribution in [0.2, 0.25) is 0 Å². The van der Waals surface area contributed by atoms with Gasteiger partial charge >= 0.3 is 0 Å². The predicted molar refractivity (Wildman–Crippen MR) is 44.4 cm³/mol. The number of hydrogen-bond acceptors (Lipinski definition) is 1. The van der Waals surface area contributed by atoms with Crippen LogP contribution in [0.25, 0.3) is 0 Å². The van der Waals surface area contributed by atoms with Gasteiger partial charge in [0.1, 0.15) is 0 Å². The molecule has 0 bridgehead atoms. The molecule has 2 nitrogen and oxygen atoms in total. The first-order chi connectivity index (χ1) is 4.72. The van der Waals surface area contributed by atoms with Gasteiger partial charge in [-0.1, -0.05) is 12.6 Å². The number of carbonyl (C=O) groups is 1. The molecule has 1 saturated heterocycles. The molecule has 0 N–H and O–H groups in total. The van der Waals surface area contributed by atoms with E-state index in [0.29, 0.717) is 6.04 Å². The Morgan fingerprint density at radius 3 is 2.70 bits per heavy atom. The number of amides is 1. The molecule has 0 saturated carbocycles. The Labute approximate surface area is 67.0 Å². The van der Waals surface area contributed by atoms with Crippen LogP contribution >= 0.6 is 12.6 Å². The molecule has 1 rings (SSSR count). The first-order valence-electron chi connectivity index (χ1n) is 3.71. The maximum Gasteiger partial charge on any atom is 0.278 e. The van der Waals surface area contributed by atoms with Crippen LogP contribution in [0.1, 0.15) is 26.2 Å². The molecule has 0 radical (unpaired) electrons. The van der Waals surface area contributed by atoms with Gasteiger partial charge in [-0.3, -0.25) is 4.79 Å². The standard InChI is InChI=1S/C7H13NOS/c1-6-4-2-3-5-8(6)7(9)10/h6H,2-5H2,1H3,(H,9,10). The van der Waals surface area contributed by atoms with Gasteiger partial charge < -0.3 is 4.90 Å². The van der Waals surface area contributed by atoms with Crippen molar-refractivity contribution in [3.05, 3.63) is 0 Å². The van der Waals surface area contributed by atoms with Crippen LogP contribution in [0.15, 0.2) is 0 Å². The molecule has 0 aromatic carbocycles. The molecular weight excluding hydrogens is 146 g/mol. The van der Waals surface area contributed by atoms with Crippen molar-refractivity contribution < 1.29 is 4.79 Å². The largest absolute Gasteiger partial charge is 0.331 e. The topological polar surface area (TPSA) is 20.3 Å². The van der Waals surface area contributed by atoms with Crippen LogP contribution in [0, 0.1) is 0 Å². The lowest BCUT2D eigenvalue weighted by atomic mass is 10.1. The van der Waals surface area contributed by atoms with Crippen LogP contribution < -0.4 is 0 Å². The van der Waals surface area contributed by atoms with E-state index in [1.54, 1.807) is 0 Å². The van der Waals surface area contributed by atoms with E-state index in [1.165, 1.54) is 6.42 Å². The van der Waals surface area contributed by atoms with Gasteiger partial charge in [0.2, 0.25) is 0 Å². The third-order valence-corrected chi connectivity index (χ3v) is 2.31. The molecule has 1 heterocycles. The molecule has 1 amide bonds. The Balaban J connectivity index is 2.47. The zero-order chi connectivity index (χ0) is 7.56. The first-order valence-corrected chi connectivity index (χ1v) is 4.16. The van der Waals surface area contributed by atoms with Crippen molar-refractivity contribution in [1.82, 2.24) is 4.90 Å². The van der Waals surface area contributed by atoms with Crippen LogP contribution in [-0.4, -0.2) is 22.7 Å². The minimum atomic E-state index is -0.0767. The second-order valence-corrected chi connectivity index (χ2v) is 3.20. The highest BCUT2D eigenvalue weighted by Gasteiger charge is 2.20. The molecule has 3 heteroatoms. The van der Waals surface area contributed by atoms with Gasteiger partial charge in [0, 0.05) is 12.6 Å². The molecule has 0 aromatic heterocycles. The zero-order valence-electron chi connectivity index (χ0n) is 6.21. The van der Waals surface area contributed by atoms with Crippen molar-refractivity contribution >= 4 is 17.9 Å². The van der Waals surface area contributed by atoms with E-state index in [0.717, 1.165) is 19.4 Å². The van der Waals surface area contributed by atoms with Crippen molar-refractivity contribution in [2.45, 2.75) is 32.2 Å². The molecule has 1 aliphatic rings. The molecule has 1 aliphatic heterocycles. The van der Waals surface area contributed by atoms with Gasteiger partial charge in [0.05, 0.1) is 0 Å². The Morgan fingerprint density at radius 1 is 1.60 bits per heavy atom. The summed E-state index contributed by atoms with van der Waals surface area (Å²) >= 11 is 3.79. The lowest BCUT2D eigenvalue weighted by molar-refractivity contribution is 0.181. The summed E-state index contributed by atoms with van der Waals surface area (Å²) in [6.07, 6.45) is 3.52. The smallest absolute Gasteiger partial charge is 0.278 e. The van der Waals surface area contributed by atoms with Gasteiger partial charge in [0.15, 0.2) is 0 Å². The lowest BCUT2D eigenvalue weighted by Gasteiger charge is -2.31. The van der Waals surface area contributed by atoms with E-state index in [9.17, 15) is 4.79 Å². The average molecular weight is 159 g/mol. The van der Waals surface area contributed by atoms with E-state index in [1.807, 2.05) is 4.90 Å². The number of carbonyl (C=O) groups excluding carboxylic acids is 1. The molecule has 0 spiro atoms. The maximum atomic E-state index is 10.8. The number of rotatable bonds is 0. The van der Waals surface area contributed by atoms with Crippen molar-refractivity contribution in [3.8, 4) is 0 Å². The van der Waals surface area contributed by atoms with Crippen LogP contribution in [-0.2, 0) is 0 Å². The highest BCUT2D eigenvalue weighted by atomic mass is 32.1. The van der Waals surface area contributed by atoms with E-state index < -0.39 is 0 Å². The van der Waals surface area contributed by atoms with Gasteiger partial charge in [-0.15, -0.1) is 0 Å². The minimum Gasteiger partial charge on any atom is -0.331 e. The maximum absolute atomic E-state index is 10.8. The molecule has 1 unspecified atom stereocenters. The summed E-state index contributed by atoms with van der Waals surface area (Å²) in [5.74, 6) is 0. The second kappa shape index (κ2) is 3.28. The van der Waals surface area contributed by atoms with E-state index in [4.69, 9.17) is 0 Å². The number of thiol groups is 1. The van der Waals surface area contributed by atoms with Crippen molar-refractivity contribution in [2.24, 2.45) is 0 Å². The van der Waals surface area contributed by atoms with E-state index in [2.05, 4.69) is 19.6 Å². The fourth-order valence-electron chi connectivity index (χ4n) is 1.38. The summed E-state index contributed by atoms with van der Waals surface area (Å²) in [5.41, 5.74) is 0. The molecule has 58 valence electrons. The highest BCUT2D eigenvalue weighted by Crippen LogP contribution is 2.17. The summed E-state index contributed by atoms with van der Waals surface area (Å²) < 4.78 is 0. The highest BCUT2D eigenvalue weighted by molar-refractivity contribution is 7.96. The summed E-state index contributed by atoms with van der Waals surface area (Å²) in [6.45, 7) is 2.97. The Kier molecular flexibility index (Phi) is 2.60. The molecule has 1 atom stereocenters. The van der Waals surface area contributed by atoms with Crippen LogP contribution in [0.5, 0.6) is 0 Å². The third-order valence-electron chi connectivity index (χ3n) is 2.05. The van der Waals surface area contributed by atoms with Gasteiger partial charge in [-0.25, -0.2) is 0 Å². The number of piperidine rings is 1. The van der Waals surface area contributed by atoms with Gasteiger partial charge in [0.25, 0.3) is 5.24 Å². The molecule has 0 aliphatic carbocycles. The molecule has 1 fully saturated rings. The fraction of sp³-hybridized carbons (Fsp3) is 0.857. The molecule has 10 heavy (non-hydrogen) atoms. The SMILES string of the molecule is CC1CCCCN1C(=O)S. The average Bonchev–Trinajstić information content (AvgIpc) is 1.88. The monoisotopic (exact) mass is 159 g/mol. The minimum absolute atomic E-state index is 0.0767. The number of nitrogens with zero attached hydrogens (tertiary/aromatic N) is 1. The summed E-state index contributed by atoms with van der Waals surface area (Å²) in [4.78, 5) is 12.6. The van der Waals surface area contributed by atoms with Crippen LogP contribution in [0.4, 0.5) is 4.79 Å². The van der Waals surface area contributed by atoms with Crippen molar-refractivity contribution in [2.75, 3.05) is 6.54 Å². The lowest BCUT2D eigenvalue weighted by Crippen LogP contribution is -2.39. The Bertz CT molecular complexity index is 138. The van der Waals surface area contributed by atoms with Gasteiger partial charge in [-0.05, 0) is 26.2 Å². The third kappa shape index (κ3) is 1.66. The predicted octanol–water partition coefficient (Wildman–Crippen LogP) is 1.91. The van der Waals surface area contributed by atoms with E-state index in [-0.39, 0.29) is 5.24 Å². The Morgan fingerprint density at radius 2 is 2.30 bits per heavy atom. The second-order valence-electron chi connectivity index (χ2n) is 2.82. The zero-order valence-corrected chi connectivity index (χ0v) is 7.10. The summed E-state index contributed by atoms with van der Waals surface area (Å²) in [6, 6.07) is 0.402. The molecular formula is C7H13NOS. The molecule has 0 aromatic rings. The van der Waals surface area contributed by atoms with Crippen LogP contribution in [0.3, 0.4) is 0 Å². The summed E-state index contributed by atoms with van der Waals surface area (Å²) in [5, 5.41) is -0.0767. The normalized spacial score (nSPS) is 26.6.